The number of hydrogen-bond donors (Lipinski definition) is 1. The predicted molar refractivity (Wildman–Crippen MR) is 111 cm³/mol. The van der Waals surface area contributed by atoms with Gasteiger partial charge in [0.1, 0.15) is 22.7 Å². The fourth-order valence-electron chi connectivity index (χ4n) is 2.68. The lowest BCUT2D eigenvalue weighted by atomic mass is 10.1. The van der Waals surface area contributed by atoms with Crippen LogP contribution in [-0.4, -0.2) is 17.1 Å². The molecule has 0 aliphatic rings. The lowest BCUT2D eigenvalue weighted by Gasteiger charge is -2.10. The summed E-state index contributed by atoms with van der Waals surface area (Å²) in [5.74, 6) is 1.40. The van der Waals surface area contributed by atoms with Crippen LogP contribution in [0.1, 0.15) is 0 Å². The van der Waals surface area contributed by atoms with Crippen molar-refractivity contribution in [1.29, 1.82) is 0 Å². The maximum absolute atomic E-state index is 6.22. The molecular weight excluding hydrogens is 389 g/mol. The summed E-state index contributed by atoms with van der Waals surface area (Å²) < 4.78 is 5.20. The average molecular weight is 404 g/mol. The third kappa shape index (κ3) is 3.46. The highest BCUT2D eigenvalue weighted by Gasteiger charge is 2.13. The van der Waals surface area contributed by atoms with E-state index >= 15 is 0 Å². The number of halogens is 2. The number of nitrogens with zero attached hydrogens (tertiary/aromatic N) is 2. The molecule has 4 aromatic rings. The Hall–Kier alpha value is -2.34. The molecule has 0 aliphatic heterocycles. The minimum atomic E-state index is 0. The van der Waals surface area contributed by atoms with Crippen LogP contribution < -0.4 is 10.1 Å². The molecule has 0 aliphatic carbocycles. The van der Waals surface area contributed by atoms with Crippen molar-refractivity contribution in [1.82, 2.24) is 9.97 Å². The van der Waals surface area contributed by atoms with Crippen molar-refractivity contribution in [3.8, 4) is 16.9 Å². The van der Waals surface area contributed by atoms with E-state index in [0.29, 0.717) is 10.8 Å². The van der Waals surface area contributed by atoms with E-state index in [2.05, 4.69) is 32.8 Å². The van der Waals surface area contributed by atoms with Gasteiger partial charge in [0.05, 0.1) is 17.5 Å². The summed E-state index contributed by atoms with van der Waals surface area (Å²) in [5, 5.41) is 7.02. The molecular formula is C19H15Cl2N3OS. The number of anilines is 2. The Morgan fingerprint density at radius 1 is 1.08 bits per heavy atom. The lowest BCUT2D eigenvalue weighted by Crippen LogP contribution is -1.96. The van der Waals surface area contributed by atoms with Gasteiger partial charge in [-0.1, -0.05) is 41.9 Å². The van der Waals surface area contributed by atoms with E-state index in [0.717, 1.165) is 32.8 Å². The number of ether oxygens (including phenoxy) is 1. The first-order valence-electron chi connectivity index (χ1n) is 7.64. The molecule has 0 radical (unpaired) electrons. The third-order valence-electron chi connectivity index (χ3n) is 3.87. The zero-order chi connectivity index (χ0) is 17.2. The van der Waals surface area contributed by atoms with Crippen LogP contribution in [0.2, 0.25) is 5.02 Å². The van der Waals surface area contributed by atoms with Gasteiger partial charge in [0.25, 0.3) is 0 Å². The van der Waals surface area contributed by atoms with Crippen LogP contribution in [0.25, 0.3) is 21.3 Å². The molecule has 0 fully saturated rings. The molecule has 4 rings (SSSR count). The molecule has 0 unspecified atom stereocenters. The maximum Gasteiger partial charge on any atom is 0.143 e. The van der Waals surface area contributed by atoms with E-state index in [1.165, 1.54) is 0 Å². The van der Waals surface area contributed by atoms with Crippen LogP contribution in [0.15, 0.2) is 60.2 Å². The van der Waals surface area contributed by atoms with Gasteiger partial charge in [0.2, 0.25) is 0 Å². The van der Waals surface area contributed by atoms with Crippen LogP contribution >= 0.6 is 35.3 Å². The highest BCUT2D eigenvalue weighted by molar-refractivity contribution is 7.17. The molecule has 0 atom stereocenters. The smallest absolute Gasteiger partial charge is 0.143 e. The Balaban J connectivity index is 0.00000196. The van der Waals surface area contributed by atoms with Crippen molar-refractivity contribution in [2.24, 2.45) is 0 Å². The van der Waals surface area contributed by atoms with Gasteiger partial charge in [-0.3, -0.25) is 0 Å². The molecule has 2 aromatic carbocycles. The number of thiophene rings is 1. The Morgan fingerprint density at radius 3 is 2.62 bits per heavy atom. The van der Waals surface area contributed by atoms with Gasteiger partial charge >= 0.3 is 0 Å². The van der Waals surface area contributed by atoms with E-state index < -0.39 is 0 Å². The second-order valence-corrected chi connectivity index (χ2v) is 6.66. The minimum absolute atomic E-state index is 0. The Labute approximate surface area is 166 Å². The quantitative estimate of drug-likeness (QED) is 0.441. The molecule has 0 saturated carbocycles. The average Bonchev–Trinajstić information content (AvgIpc) is 3.08. The Morgan fingerprint density at radius 2 is 1.88 bits per heavy atom. The van der Waals surface area contributed by atoms with E-state index in [9.17, 15) is 0 Å². The number of hydrogen-bond acceptors (Lipinski definition) is 5. The zero-order valence-corrected chi connectivity index (χ0v) is 16.2. The lowest BCUT2D eigenvalue weighted by molar-refractivity contribution is 0.415. The van der Waals surface area contributed by atoms with E-state index in [-0.39, 0.29) is 12.4 Å². The van der Waals surface area contributed by atoms with Crippen molar-refractivity contribution in [3.63, 3.8) is 0 Å². The van der Waals surface area contributed by atoms with Gasteiger partial charge in [0.15, 0.2) is 0 Å². The topological polar surface area (TPSA) is 47.0 Å². The van der Waals surface area contributed by atoms with E-state index in [1.54, 1.807) is 24.8 Å². The zero-order valence-electron chi connectivity index (χ0n) is 13.8. The first-order valence-corrected chi connectivity index (χ1v) is 8.90. The summed E-state index contributed by atoms with van der Waals surface area (Å²) in [6.07, 6.45) is 1.57. The molecule has 0 amide bonds. The van der Waals surface area contributed by atoms with Crippen LogP contribution in [0, 0.1) is 0 Å². The summed E-state index contributed by atoms with van der Waals surface area (Å²) in [4.78, 5) is 9.78. The van der Waals surface area contributed by atoms with Gasteiger partial charge in [-0.2, -0.15) is 0 Å². The molecule has 7 heteroatoms. The number of rotatable bonds is 4. The molecule has 2 heterocycles. The van der Waals surface area contributed by atoms with Gasteiger partial charge in [-0.05, 0) is 23.8 Å². The van der Waals surface area contributed by atoms with Crippen molar-refractivity contribution >= 4 is 57.1 Å². The van der Waals surface area contributed by atoms with Gasteiger partial charge in [0, 0.05) is 16.6 Å². The Kier molecular flexibility index (Phi) is 5.61. The summed E-state index contributed by atoms with van der Waals surface area (Å²) in [6.45, 7) is 0. The van der Waals surface area contributed by atoms with E-state index in [4.69, 9.17) is 16.3 Å². The first kappa shape index (κ1) is 18.5. The molecule has 0 saturated heterocycles. The molecule has 4 nitrogen and oxygen atoms in total. The third-order valence-corrected chi connectivity index (χ3v) is 5.05. The Bertz CT molecular complexity index is 1040. The molecule has 26 heavy (non-hydrogen) atoms. The van der Waals surface area contributed by atoms with Crippen LogP contribution in [-0.2, 0) is 0 Å². The van der Waals surface area contributed by atoms with Crippen LogP contribution in [0.5, 0.6) is 5.75 Å². The molecule has 132 valence electrons. The van der Waals surface area contributed by atoms with Crippen molar-refractivity contribution in [3.05, 3.63) is 65.3 Å². The van der Waals surface area contributed by atoms with Crippen LogP contribution in [0.3, 0.4) is 0 Å². The molecule has 2 aromatic heterocycles. The largest absolute Gasteiger partial charge is 0.495 e. The monoisotopic (exact) mass is 403 g/mol. The summed E-state index contributed by atoms with van der Waals surface area (Å²) in [6, 6.07) is 15.8. The van der Waals surface area contributed by atoms with Crippen molar-refractivity contribution in [2.45, 2.75) is 0 Å². The van der Waals surface area contributed by atoms with E-state index in [1.807, 2.05) is 36.4 Å². The molecule has 0 bridgehead atoms. The second kappa shape index (κ2) is 7.91. The number of methoxy groups -OCH3 is 1. The highest BCUT2D eigenvalue weighted by Crippen LogP contribution is 2.38. The van der Waals surface area contributed by atoms with Gasteiger partial charge in [-0.15, -0.1) is 23.7 Å². The van der Waals surface area contributed by atoms with Crippen molar-refractivity contribution < 1.29 is 4.74 Å². The minimum Gasteiger partial charge on any atom is -0.495 e. The standard InChI is InChI=1S/C19H14ClN3OS.ClH/c1-24-16-8-7-13(9-15(16)20)23-18-17-14(12-5-3-2-4-6-12)10-25-19(17)22-11-21-18;/h2-11H,1H3,(H,21,22,23);1H. The predicted octanol–water partition coefficient (Wildman–Crippen LogP) is 6.19. The van der Waals surface area contributed by atoms with Gasteiger partial charge < -0.3 is 10.1 Å². The normalized spacial score (nSPS) is 10.4. The molecule has 0 spiro atoms. The second-order valence-electron chi connectivity index (χ2n) is 5.39. The number of nitrogens with one attached hydrogen (secondary N) is 1. The first-order chi connectivity index (χ1) is 12.3. The summed E-state index contributed by atoms with van der Waals surface area (Å²) >= 11 is 7.83. The SMILES string of the molecule is COc1ccc(Nc2ncnc3scc(-c4ccccc4)c23)cc1Cl.Cl. The highest BCUT2D eigenvalue weighted by atomic mass is 35.5. The summed E-state index contributed by atoms with van der Waals surface area (Å²) in [5.41, 5.74) is 3.10. The summed E-state index contributed by atoms with van der Waals surface area (Å²) in [7, 11) is 1.60. The van der Waals surface area contributed by atoms with Crippen molar-refractivity contribution in [2.75, 3.05) is 12.4 Å². The number of aromatic nitrogens is 2. The fourth-order valence-corrected chi connectivity index (χ4v) is 3.85. The van der Waals surface area contributed by atoms with Gasteiger partial charge in [-0.25, -0.2) is 9.97 Å². The fraction of sp³-hybridized carbons (Fsp3) is 0.0526. The number of fused-ring (bicyclic) bond motifs is 1. The van der Waals surface area contributed by atoms with Crippen LogP contribution in [0.4, 0.5) is 11.5 Å². The maximum atomic E-state index is 6.22. The molecule has 1 N–H and O–H groups in total. The number of benzene rings is 2.